The minimum absolute atomic E-state index is 0.106. The fourth-order valence-electron chi connectivity index (χ4n) is 6.62. The number of ketones is 1. The van der Waals surface area contributed by atoms with Gasteiger partial charge in [0.25, 0.3) is 0 Å². The molecule has 1 fully saturated rings. The maximum Gasteiger partial charge on any atom is 0.338 e. The van der Waals surface area contributed by atoms with Crippen molar-refractivity contribution in [1.29, 1.82) is 0 Å². The van der Waals surface area contributed by atoms with Crippen LogP contribution in [0.3, 0.4) is 0 Å². The molecule has 2 aliphatic rings. The number of aliphatic hydroxyl groups is 1. The van der Waals surface area contributed by atoms with E-state index < -0.39 is 101 Å². The van der Waals surface area contributed by atoms with E-state index >= 15 is 0 Å². The van der Waals surface area contributed by atoms with Gasteiger partial charge < -0.3 is 28.8 Å². The summed E-state index contributed by atoms with van der Waals surface area (Å²) in [7, 11) is 0. The molecule has 12 heteroatoms. The van der Waals surface area contributed by atoms with Gasteiger partial charge in [-0.05, 0) is 24.5 Å². The number of fused-ring (bicyclic) bond motifs is 1. The van der Waals surface area contributed by atoms with E-state index in [1.165, 1.54) is 25.1 Å². The average molecular weight is 685 g/mol. The van der Waals surface area contributed by atoms with Gasteiger partial charge in [0.05, 0.1) is 17.4 Å². The lowest BCUT2D eigenvalue weighted by atomic mass is 9.72. The highest BCUT2D eigenvalue weighted by Crippen LogP contribution is 2.49. The molecule has 1 aromatic carbocycles. The Morgan fingerprint density at radius 3 is 1.92 bits per heavy atom. The Morgan fingerprint density at radius 1 is 0.837 bits per heavy atom. The minimum atomic E-state index is -2.24. The number of rotatable bonds is 7. The Balaban J connectivity index is 2.46. The van der Waals surface area contributed by atoms with Gasteiger partial charge in [-0.25, -0.2) is 4.79 Å². The molecule has 0 aromatic heterocycles. The number of hydrogen-bond acceptors (Lipinski definition) is 12. The summed E-state index contributed by atoms with van der Waals surface area (Å²) in [5, 5.41) is 12.4. The number of ether oxygens (including phenoxy) is 5. The summed E-state index contributed by atoms with van der Waals surface area (Å²) in [4.78, 5) is 79.2. The van der Waals surface area contributed by atoms with Gasteiger partial charge in [0, 0.05) is 37.7 Å². The van der Waals surface area contributed by atoms with Crippen molar-refractivity contribution >= 4 is 35.6 Å². The maximum absolute atomic E-state index is 14.3. The first kappa shape index (κ1) is 39.1. The van der Waals surface area contributed by atoms with Crippen molar-refractivity contribution < 1.29 is 57.6 Å². The van der Waals surface area contributed by atoms with Crippen LogP contribution in [0.1, 0.15) is 79.1 Å². The van der Waals surface area contributed by atoms with Crippen LogP contribution in [0.5, 0.6) is 0 Å². The number of allylic oxidation sites excluding steroid dienone is 1. The van der Waals surface area contributed by atoms with Gasteiger partial charge in [0.1, 0.15) is 17.8 Å². The summed E-state index contributed by atoms with van der Waals surface area (Å²) in [6, 6.07) is 7.88. The van der Waals surface area contributed by atoms with Crippen molar-refractivity contribution in [3.63, 3.8) is 0 Å². The molecule has 49 heavy (non-hydrogen) atoms. The van der Waals surface area contributed by atoms with Crippen LogP contribution in [0.2, 0.25) is 0 Å². The molecular weight excluding hydrogens is 636 g/mol. The predicted molar refractivity (Wildman–Crippen MR) is 175 cm³/mol. The first-order chi connectivity index (χ1) is 22.7. The van der Waals surface area contributed by atoms with Crippen LogP contribution in [0.4, 0.5) is 0 Å². The molecule has 3 rings (SSSR count). The zero-order chi connectivity index (χ0) is 37.0. The first-order valence-electron chi connectivity index (χ1n) is 16.3. The topological polar surface area (TPSA) is 169 Å². The van der Waals surface area contributed by atoms with E-state index in [0.717, 1.165) is 13.8 Å². The maximum atomic E-state index is 14.3. The summed E-state index contributed by atoms with van der Waals surface area (Å²) in [5.74, 6) is -8.32. The third-order valence-corrected chi connectivity index (χ3v) is 9.00. The molecule has 0 heterocycles. The molecule has 12 nitrogen and oxygen atoms in total. The minimum Gasteiger partial charge on any atom is -0.462 e. The zero-order valence-electron chi connectivity index (χ0n) is 29.6. The lowest BCUT2D eigenvalue weighted by Gasteiger charge is -2.44. The Hall–Kier alpha value is -4.32. The van der Waals surface area contributed by atoms with Gasteiger partial charge in [-0.3, -0.25) is 24.0 Å². The largest absolute Gasteiger partial charge is 0.462 e. The number of carbonyl (C=O) groups excluding carboxylic acids is 6. The van der Waals surface area contributed by atoms with E-state index in [4.69, 9.17) is 23.7 Å². The van der Waals surface area contributed by atoms with Crippen LogP contribution in [0, 0.1) is 29.1 Å². The van der Waals surface area contributed by atoms with Gasteiger partial charge in [-0.2, -0.15) is 0 Å². The molecule has 1 saturated carbocycles. The highest BCUT2D eigenvalue weighted by Gasteiger charge is 2.63. The van der Waals surface area contributed by atoms with Crippen molar-refractivity contribution in [2.45, 2.75) is 105 Å². The fraction of sp³-hybridized carbons (Fsp3) is 0.568. The van der Waals surface area contributed by atoms with Gasteiger partial charge in [-0.15, -0.1) is 0 Å². The van der Waals surface area contributed by atoms with E-state index in [0.29, 0.717) is 0 Å². The molecule has 2 aliphatic carbocycles. The molecule has 0 saturated heterocycles. The standard InChI is InChI=1S/C37H48O12/c1-19(2)34(42)48-29-22(5)30(49-35(43)26-14-12-11-13-15-26)31(46-24(7)39)33(47-25(8)40)36(9,10)17-16-20(3)32(41)37(44)18-21(4)28(27(29)37)45-23(6)38/h11-17,19-21,27-31,33,44H,5,18H2,1-4,6-10H3/b17-16+/t20-,21-,27+,28-,29-,30-,31+,33+,37+/m0/s1. The van der Waals surface area contributed by atoms with Gasteiger partial charge in [0.15, 0.2) is 24.1 Å². The number of benzene rings is 1. The molecule has 0 radical (unpaired) electrons. The second-order valence-electron chi connectivity index (χ2n) is 13.9. The van der Waals surface area contributed by atoms with Crippen molar-refractivity contribution in [2.24, 2.45) is 29.1 Å². The quantitative estimate of drug-likeness (QED) is 0.246. The van der Waals surface area contributed by atoms with E-state index in [2.05, 4.69) is 6.58 Å². The van der Waals surface area contributed by atoms with Gasteiger partial charge >= 0.3 is 29.8 Å². The average Bonchev–Trinajstić information content (AvgIpc) is 3.26. The van der Waals surface area contributed by atoms with Crippen LogP contribution in [-0.4, -0.2) is 76.9 Å². The molecule has 1 aromatic rings. The van der Waals surface area contributed by atoms with Crippen LogP contribution in [0.25, 0.3) is 0 Å². The lowest BCUT2D eigenvalue weighted by molar-refractivity contribution is -0.186. The number of carbonyl (C=O) groups is 6. The highest BCUT2D eigenvalue weighted by molar-refractivity contribution is 5.92. The van der Waals surface area contributed by atoms with Crippen molar-refractivity contribution in [2.75, 3.05) is 0 Å². The summed E-state index contributed by atoms with van der Waals surface area (Å²) in [6.07, 6.45) is -4.53. The monoisotopic (exact) mass is 684 g/mol. The van der Waals surface area contributed by atoms with Gasteiger partial charge in [0.2, 0.25) is 0 Å². The third kappa shape index (κ3) is 8.83. The molecular formula is C37H48O12. The second kappa shape index (κ2) is 15.5. The SMILES string of the molecule is C=C1[C@H](OC(=O)c2ccccc2)[C@@H](OC(C)=O)[C@@H](OC(C)=O)C(C)(C)/C=C/[C@H](C)C(=O)[C@@]2(O)C[C@H](C)[C@H](OC(C)=O)[C@@H]2[C@H]1OC(=O)C(C)C. The van der Waals surface area contributed by atoms with E-state index in [1.807, 2.05) is 0 Å². The summed E-state index contributed by atoms with van der Waals surface area (Å²) >= 11 is 0. The molecule has 0 aliphatic heterocycles. The summed E-state index contributed by atoms with van der Waals surface area (Å²) in [5.41, 5.74) is -3.54. The van der Waals surface area contributed by atoms with Crippen molar-refractivity contribution in [3.05, 3.63) is 60.2 Å². The fourth-order valence-corrected chi connectivity index (χ4v) is 6.62. The molecule has 0 bridgehead atoms. The Bertz CT molecular complexity index is 1480. The van der Waals surface area contributed by atoms with Crippen LogP contribution < -0.4 is 0 Å². The summed E-state index contributed by atoms with van der Waals surface area (Å²) in [6.45, 7) is 17.4. The molecule has 9 atom stereocenters. The Kier molecular flexibility index (Phi) is 12.4. The van der Waals surface area contributed by atoms with Crippen molar-refractivity contribution in [3.8, 4) is 0 Å². The van der Waals surface area contributed by atoms with Crippen molar-refractivity contribution in [1.82, 2.24) is 0 Å². The third-order valence-electron chi connectivity index (χ3n) is 9.00. The van der Waals surface area contributed by atoms with E-state index in [9.17, 15) is 33.9 Å². The second-order valence-corrected chi connectivity index (χ2v) is 13.9. The zero-order valence-corrected chi connectivity index (χ0v) is 29.6. The highest BCUT2D eigenvalue weighted by atomic mass is 16.6. The molecule has 0 amide bonds. The van der Waals surface area contributed by atoms with E-state index in [-0.39, 0.29) is 17.6 Å². The lowest BCUT2D eigenvalue weighted by Crippen LogP contribution is -2.58. The summed E-state index contributed by atoms with van der Waals surface area (Å²) < 4.78 is 29.4. The Morgan fingerprint density at radius 2 is 1.39 bits per heavy atom. The number of esters is 5. The first-order valence-corrected chi connectivity index (χ1v) is 16.3. The molecule has 1 N–H and O–H groups in total. The smallest absolute Gasteiger partial charge is 0.338 e. The predicted octanol–water partition coefficient (Wildman–Crippen LogP) is 4.32. The van der Waals surface area contributed by atoms with Gasteiger partial charge in [-0.1, -0.05) is 78.5 Å². The van der Waals surface area contributed by atoms with Crippen LogP contribution in [0.15, 0.2) is 54.6 Å². The van der Waals surface area contributed by atoms with Crippen LogP contribution >= 0.6 is 0 Å². The number of Topliss-reactive ketones (excluding diaryl/α,β-unsaturated/α-hetero) is 1. The van der Waals surface area contributed by atoms with E-state index in [1.54, 1.807) is 65.8 Å². The normalized spacial score (nSPS) is 32.1. The molecule has 0 unspecified atom stereocenters. The number of hydrogen-bond donors (Lipinski definition) is 1. The Labute approximate surface area is 287 Å². The molecule has 268 valence electrons. The molecule has 0 spiro atoms. The van der Waals surface area contributed by atoms with Crippen LogP contribution in [-0.2, 0) is 47.7 Å².